The van der Waals surface area contributed by atoms with Crippen LogP contribution in [0.1, 0.15) is 6.92 Å². The van der Waals surface area contributed by atoms with E-state index in [0.717, 1.165) is 17.1 Å². The number of thioether (sulfide) groups is 1. The number of hydrogen-bond donors (Lipinski definition) is 0. The molecule has 0 aliphatic rings. The Morgan fingerprint density at radius 3 is 1.93 bits per heavy atom. The summed E-state index contributed by atoms with van der Waals surface area (Å²) in [4.78, 5) is 15.2. The van der Waals surface area contributed by atoms with Crippen LogP contribution in [0.4, 0.5) is 11.4 Å². The van der Waals surface area contributed by atoms with E-state index in [0.29, 0.717) is 5.16 Å². The molecule has 4 aromatic rings. The van der Waals surface area contributed by atoms with Gasteiger partial charge in [-0.05, 0) is 53.7 Å². The summed E-state index contributed by atoms with van der Waals surface area (Å²) in [5, 5.41) is 12.1. The van der Waals surface area contributed by atoms with E-state index in [2.05, 4.69) is 15.5 Å². The van der Waals surface area contributed by atoms with Gasteiger partial charge in [0.1, 0.15) is 0 Å². The van der Waals surface area contributed by atoms with Gasteiger partial charge in [0, 0.05) is 11.4 Å². The Balaban J connectivity index is 1.62. The molecule has 0 bridgehead atoms. The van der Waals surface area contributed by atoms with Crippen molar-refractivity contribution in [3.05, 3.63) is 91.0 Å². The zero-order valence-corrected chi connectivity index (χ0v) is 16.6. The number of anilines is 2. The van der Waals surface area contributed by atoms with Crippen LogP contribution < -0.4 is 4.90 Å². The van der Waals surface area contributed by atoms with Crippen molar-refractivity contribution in [1.82, 2.24) is 20.2 Å². The second-order valence-corrected chi connectivity index (χ2v) is 7.62. The summed E-state index contributed by atoms with van der Waals surface area (Å²) in [6.45, 7) is 1.87. The van der Waals surface area contributed by atoms with E-state index in [9.17, 15) is 4.79 Å². The first-order chi connectivity index (χ1) is 14.2. The molecule has 1 atom stereocenters. The summed E-state index contributed by atoms with van der Waals surface area (Å²) in [7, 11) is 0. The number of benzene rings is 3. The molecule has 7 heteroatoms. The van der Waals surface area contributed by atoms with Crippen molar-refractivity contribution in [1.29, 1.82) is 0 Å². The van der Waals surface area contributed by atoms with Crippen LogP contribution in [0.15, 0.2) is 96.2 Å². The van der Waals surface area contributed by atoms with Gasteiger partial charge in [-0.2, -0.15) is 4.68 Å². The lowest BCUT2D eigenvalue weighted by molar-refractivity contribution is -0.117. The summed E-state index contributed by atoms with van der Waals surface area (Å²) >= 11 is 1.33. The van der Waals surface area contributed by atoms with Gasteiger partial charge in [-0.1, -0.05) is 66.4 Å². The molecule has 0 spiro atoms. The highest BCUT2D eigenvalue weighted by Crippen LogP contribution is 2.30. The number of para-hydroxylation sites is 3. The molecule has 1 aromatic heterocycles. The maximum absolute atomic E-state index is 13.4. The van der Waals surface area contributed by atoms with Gasteiger partial charge in [0.2, 0.25) is 11.1 Å². The third-order valence-corrected chi connectivity index (χ3v) is 5.34. The molecule has 6 nitrogen and oxygen atoms in total. The molecule has 0 aliphatic heterocycles. The van der Waals surface area contributed by atoms with E-state index in [-0.39, 0.29) is 5.91 Å². The average molecular weight is 401 g/mol. The first-order valence-corrected chi connectivity index (χ1v) is 10.1. The van der Waals surface area contributed by atoms with Gasteiger partial charge in [0.15, 0.2) is 0 Å². The SMILES string of the molecule is CC(Sc1nnnn1-c1ccccc1)C(=O)N(c1ccccc1)c1ccccc1. The smallest absolute Gasteiger partial charge is 0.244 e. The molecule has 29 heavy (non-hydrogen) atoms. The minimum Gasteiger partial charge on any atom is -0.280 e. The van der Waals surface area contributed by atoms with Crippen molar-refractivity contribution < 1.29 is 4.79 Å². The van der Waals surface area contributed by atoms with Gasteiger partial charge in [0.25, 0.3) is 0 Å². The number of amides is 1. The Kier molecular flexibility index (Phi) is 5.67. The van der Waals surface area contributed by atoms with Crippen LogP contribution >= 0.6 is 11.8 Å². The van der Waals surface area contributed by atoms with Crippen LogP contribution in [0, 0.1) is 0 Å². The molecule has 3 aromatic carbocycles. The highest BCUT2D eigenvalue weighted by Gasteiger charge is 2.26. The molecule has 0 aliphatic carbocycles. The maximum Gasteiger partial charge on any atom is 0.244 e. The minimum absolute atomic E-state index is 0.0463. The summed E-state index contributed by atoms with van der Waals surface area (Å²) in [6, 6.07) is 28.9. The number of nitrogens with zero attached hydrogens (tertiary/aromatic N) is 5. The van der Waals surface area contributed by atoms with E-state index >= 15 is 0 Å². The summed E-state index contributed by atoms with van der Waals surface area (Å²) in [5.41, 5.74) is 2.49. The third kappa shape index (κ3) is 4.20. The van der Waals surface area contributed by atoms with Crippen LogP contribution in [0.5, 0.6) is 0 Å². The van der Waals surface area contributed by atoms with Crippen molar-refractivity contribution in [3.63, 3.8) is 0 Å². The highest BCUT2D eigenvalue weighted by atomic mass is 32.2. The predicted octanol–water partition coefficient (Wildman–Crippen LogP) is 4.51. The second kappa shape index (κ2) is 8.70. The standard InChI is InChI=1S/C22H19N5OS/c1-17(29-22-23-24-25-27(22)20-15-9-4-10-16-20)21(28)26(18-11-5-2-6-12-18)19-13-7-3-8-14-19/h2-17H,1H3. The van der Waals surface area contributed by atoms with E-state index in [4.69, 9.17) is 0 Å². The van der Waals surface area contributed by atoms with Crippen molar-refractivity contribution in [2.24, 2.45) is 0 Å². The Bertz CT molecular complexity index is 1030. The van der Waals surface area contributed by atoms with Crippen molar-refractivity contribution >= 4 is 29.0 Å². The Hall–Kier alpha value is -3.45. The van der Waals surface area contributed by atoms with E-state index < -0.39 is 5.25 Å². The molecular formula is C22H19N5OS. The van der Waals surface area contributed by atoms with Crippen molar-refractivity contribution in [2.45, 2.75) is 17.3 Å². The third-order valence-electron chi connectivity index (χ3n) is 4.32. The van der Waals surface area contributed by atoms with Gasteiger partial charge >= 0.3 is 0 Å². The average Bonchev–Trinajstić information content (AvgIpc) is 3.24. The van der Waals surface area contributed by atoms with Crippen molar-refractivity contribution in [3.8, 4) is 5.69 Å². The quantitative estimate of drug-likeness (QED) is 0.445. The Morgan fingerprint density at radius 2 is 1.38 bits per heavy atom. The number of aromatic nitrogens is 4. The molecule has 1 unspecified atom stereocenters. The molecule has 144 valence electrons. The lowest BCUT2D eigenvalue weighted by Crippen LogP contribution is -2.33. The van der Waals surface area contributed by atoms with Crippen molar-refractivity contribution in [2.75, 3.05) is 4.90 Å². The Labute approximate surface area is 173 Å². The molecule has 0 N–H and O–H groups in total. The van der Waals surface area contributed by atoms with Crippen LogP contribution in [-0.2, 0) is 4.79 Å². The van der Waals surface area contributed by atoms with Crippen LogP contribution in [-0.4, -0.2) is 31.4 Å². The van der Waals surface area contributed by atoms with E-state index in [1.807, 2.05) is 97.9 Å². The molecular weight excluding hydrogens is 382 g/mol. The summed E-state index contributed by atoms with van der Waals surface area (Å²) in [5.74, 6) is -0.0463. The van der Waals surface area contributed by atoms with Crippen LogP contribution in [0.2, 0.25) is 0 Å². The van der Waals surface area contributed by atoms with E-state index in [1.165, 1.54) is 11.8 Å². The first kappa shape index (κ1) is 18.9. The highest BCUT2D eigenvalue weighted by molar-refractivity contribution is 8.00. The van der Waals surface area contributed by atoms with Gasteiger partial charge < -0.3 is 0 Å². The monoisotopic (exact) mass is 401 g/mol. The van der Waals surface area contributed by atoms with Crippen LogP contribution in [0.3, 0.4) is 0 Å². The minimum atomic E-state index is -0.399. The van der Waals surface area contributed by atoms with E-state index in [1.54, 1.807) is 9.58 Å². The van der Waals surface area contributed by atoms with Gasteiger partial charge in [-0.3, -0.25) is 9.69 Å². The zero-order chi connectivity index (χ0) is 20.1. The fourth-order valence-corrected chi connectivity index (χ4v) is 3.78. The zero-order valence-electron chi connectivity index (χ0n) is 15.8. The fraction of sp³-hybridized carbons (Fsp3) is 0.0909. The number of carbonyl (C=O) groups excluding carboxylic acids is 1. The Morgan fingerprint density at radius 1 is 0.862 bits per heavy atom. The molecule has 0 radical (unpaired) electrons. The second-order valence-electron chi connectivity index (χ2n) is 6.31. The lowest BCUT2D eigenvalue weighted by Gasteiger charge is -2.25. The normalized spacial score (nSPS) is 11.8. The molecule has 4 rings (SSSR count). The molecule has 1 amide bonds. The van der Waals surface area contributed by atoms with Crippen LogP contribution in [0.25, 0.3) is 5.69 Å². The first-order valence-electron chi connectivity index (χ1n) is 9.18. The molecule has 0 saturated heterocycles. The number of rotatable bonds is 6. The largest absolute Gasteiger partial charge is 0.280 e. The number of hydrogen-bond acceptors (Lipinski definition) is 5. The lowest BCUT2D eigenvalue weighted by atomic mass is 10.2. The topological polar surface area (TPSA) is 63.9 Å². The molecule has 0 fully saturated rings. The van der Waals surface area contributed by atoms with Gasteiger partial charge in [0.05, 0.1) is 10.9 Å². The van der Waals surface area contributed by atoms with Gasteiger partial charge in [-0.25, -0.2) is 0 Å². The summed E-state index contributed by atoms with van der Waals surface area (Å²) in [6.07, 6.45) is 0. The number of carbonyl (C=O) groups is 1. The fourth-order valence-electron chi connectivity index (χ4n) is 2.93. The molecule has 1 heterocycles. The maximum atomic E-state index is 13.4. The van der Waals surface area contributed by atoms with Gasteiger partial charge in [-0.15, -0.1) is 5.10 Å². The number of tetrazole rings is 1. The predicted molar refractivity (Wildman–Crippen MR) is 115 cm³/mol. The summed E-state index contributed by atoms with van der Waals surface area (Å²) < 4.78 is 1.64. The molecule has 0 saturated carbocycles.